The van der Waals surface area contributed by atoms with Gasteiger partial charge in [0.15, 0.2) is 18.1 Å². The highest BCUT2D eigenvalue weighted by Crippen LogP contribution is 2.36. The molecular weight excluding hydrogens is 375 g/mol. The lowest BCUT2D eigenvalue weighted by Crippen LogP contribution is -2.43. The first kappa shape index (κ1) is 24.8. The van der Waals surface area contributed by atoms with E-state index in [1.54, 1.807) is 0 Å². The molecule has 5 nitrogen and oxygen atoms in total. The Morgan fingerprint density at radius 2 is 1.69 bits per heavy atom. The standard InChI is InChI=1S/C19H31ClN2O3.ClH/c1-8-24-15-10-13(11-21-18(2,3)4)9-14(20)17(15)25-12-16(23)22-19(5,6)7;/h9-10,21H,8,11-12H2,1-7H3,(H,22,23);1H. The topological polar surface area (TPSA) is 59.6 Å². The van der Waals surface area contributed by atoms with Crippen LogP contribution in [0.3, 0.4) is 0 Å². The van der Waals surface area contributed by atoms with Crippen molar-refractivity contribution >= 4 is 29.9 Å². The normalized spacial score (nSPS) is 11.5. The van der Waals surface area contributed by atoms with E-state index in [1.165, 1.54) is 0 Å². The molecule has 1 rings (SSSR count). The Hall–Kier alpha value is -1.17. The molecule has 0 saturated carbocycles. The first-order valence-electron chi connectivity index (χ1n) is 8.55. The summed E-state index contributed by atoms with van der Waals surface area (Å²) in [6.45, 7) is 15.0. The SMILES string of the molecule is CCOc1cc(CNC(C)(C)C)cc(Cl)c1OCC(=O)NC(C)(C)C.Cl. The van der Waals surface area contributed by atoms with Crippen molar-refractivity contribution in [2.24, 2.45) is 0 Å². The highest BCUT2D eigenvalue weighted by molar-refractivity contribution is 6.32. The number of ether oxygens (including phenoxy) is 2. The fraction of sp³-hybridized carbons (Fsp3) is 0.632. The average molecular weight is 407 g/mol. The fourth-order valence-electron chi connectivity index (χ4n) is 2.09. The molecule has 0 unspecified atom stereocenters. The van der Waals surface area contributed by atoms with Gasteiger partial charge >= 0.3 is 0 Å². The van der Waals surface area contributed by atoms with Gasteiger partial charge in [-0.15, -0.1) is 12.4 Å². The third-order valence-corrected chi connectivity index (χ3v) is 3.33. The van der Waals surface area contributed by atoms with Crippen LogP contribution in [0.5, 0.6) is 11.5 Å². The molecule has 1 amide bonds. The molecule has 1 aromatic rings. The van der Waals surface area contributed by atoms with Gasteiger partial charge in [0.2, 0.25) is 0 Å². The Morgan fingerprint density at radius 3 is 2.19 bits per heavy atom. The highest BCUT2D eigenvalue weighted by Gasteiger charge is 2.18. The minimum atomic E-state index is -0.310. The van der Waals surface area contributed by atoms with Gasteiger partial charge in [-0.05, 0) is 66.2 Å². The van der Waals surface area contributed by atoms with Crippen LogP contribution in [0.15, 0.2) is 12.1 Å². The lowest BCUT2D eigenvalue weighted by molar-refractivity contribution is -0.124. The minimum absolute atomic E-state index is 0. The summed E-state index contributed by atoms with van der Waals surface area (Å²) >= 11 is 6.37. The van der Waals surface area contributed by atoms with Gasteiger partial charge in [0.05, 0.1) is 11.6 Å². The molecule has 1 aromatic carbocycles. The van der Waals surface area contributed by atoms with Gasteiger partial charge in [-0.25, -0.2) is 0 Å². The quantitative estimate of drug-likeness (QED) is 0.706. The minimum Gasteiger partial charge on any atom is -0.490 e. The van der Waals surface area contributed by atoms with Crippen molar-refractivity contribution in [2.45, 2.75) is 66.1 Å². The lowest BCUT2D eigenvalue weighted by Gasteiger charge is -2.22. The number of carbonyl (C=O) groups is 1. The summed E-state index contributed by atoms with van der Waals surface area (Å²) in [6, 6.07) is 3.73. The molecule has 0 heterocycles. The van der Waals surface area contributed by atoms with Crippen molar-refractivity contribution in [1.82, 2.24) is 10.6 Å². The second-order valence-corrected chi connectivity index (χ2v) is 8.44. The zero-order valence-corrected chi connectivity index (χ0v) is 18.4. The van der Waals surface area contributed by atoms with Gasteiger partial charge in [-0.1, -0.05) is 11.6 Å². The molecule has 0 aliphatic heterocycles. The van der Waals surface area contributed by atoms with Gasteiger partial charge in [0.1, 0.15) is 0 Å². The third kappa shape index (κ3) is 9.51. The van der Waals surface area contributed by atoms with Crippen LogP contribution in [0.2, 0.25) is 5.02 Å². The maximum absolute atomic E-state index is 12.0. The summed E-state index contributed by atoms with van der Waals surface area (Å²) in [4.78, 5) is 12.0. The van der Waals surface area contributed by atoms with Crippen molar-refractivity contribution in [3.8, 4) is 11.5 Å². The molecule has 0 aromatic heterocycles. The summed E-state index contributed by atoms with van der Waals surface area (Å²) in [7, 11) is 0. The fourth-order valence-corrected chi connectivity index (χ4v) is 2.37. The molecule has 0 spiro atoms. The number of nitrogens with one attached hydrogen (secondary N) is 2. The van der Waals surface area contributed by atoms with Crippen molar-refractivity contribution in [1.29, 1.82) is 0 Å². The Balaban J connectivity index is 0.00000625. The molecule has 0 aliphatic rings. The summed E-state index contributed by atoms with van der Waals surface area (Å²) in [5.74, 6) is 0.737. The van der Waals surface area contributed by atoms with Gasteiger partial charge in [0.25, 0.3) is 5.91 Å². The van der Waals surface area contributed by atoms with Gasteiger partial charge < -0.3 is 20.1 Å². The van der Waals surface area contributed by atoms with Crippen molar-refractivity contribution in [3.05, 3.63) is 22.7 Å². The van der Waals surface area contributed by atoms with E-state index in [4.69, 9.17) is 21.1 Å². The van der Waals surface area contributed by atoms with E-state index in [0.29, 0.717) is 29.7 Å². The molecular formula is C19H32Cl2N2O3. The second kappa shape index (κ2) is 10.2. The molecule has 0 radical (unpaired) electrons. The van der Waals surface area contributed by atoms with Crippen molar-refractivity contribution in [2.75, 3.05) is 13.2 Å². The summed E-state index contributed by atoms with van der Waals surface area (Å²) in [5, 5.41) is 6.69. The second-order valence-electron chi connectivity index (χ2n) is 8.03. The molecule has 0 aliphatic carbocycles. The van der Waals surface area contributed by atoms with E-state index in [-0.39, 0.29) is 36.0 Å². The summed E-state index contributed by atoms with van der Waals surface area (Å²) in [6.07, 6.45) is 0. The molecule has 2 N–H and O–H groups in total. The smallest absolute Gasteiger partial charge is 0.258 e. The maximum atomic E-state index is 12.0. The van der Waals surface area contributed by atoms with Crippen LogP contribution in [0.25, 0.3) is 0 Å². The first-order valence-corrected chi connectivity index (χ1v) is 8.93. The van der Waals surface area contributed by atoms with Crippen LogP contribution in [-0.2, 0) is 11.3 Å². The van der Waals surface area contributed by atoms with Crippen LogP contribution >= 0.6 is 24.0 Å². The zero-order chi connectivity index (χ0) is 19.3. The Bertz CT molecular complexity index is 594. The monoisotopic (exact) mass is 406 g/mol. The zero-order valence-electron chi connectivity index (χ0n) is 16.8. The maximum Gasteiger partial charge on any atom is 0.258 e. The van der Waals surface area contributed by atoms with Crippen molar-refractivity contribution in [3.63, 3.8) is 0 Å². The van der Waals surface area contributed by atoms with Crippen LogP contribution < -0.4 is 20.1 Å². The number of rotatable bonds is 7. The van der Waals surface area contributed by atoms with E-state index < -0.39 is 0 Å². The molecule has 0 atom stereocenters. The Kier molecular flexibility index (Phi) is 9.78. The van der Waals surface area contributed by atoms with Crippen LogP contribution in [0, 0.1) is 0 Å². The molecule has 26 heavy (non-hydrogen) atoms. The van der Waals surface area contributed by atoms with Crippen LogP contribution in [0.1, 0.15) is 54.0 Å². The van der Waals surface area contributed by atoms with E-state index in [1.807, 2.05) is 39.8 Å². The van der Waals surface area contributed by atoms with Gasteiger partial charge in [0, 0.05) is 17.6 Å². The first-order chi connectivity index (χ1) is 11.4. The number of benzene rings is 1. The molecule has 0 saturated heterocycles. The summed E-state index contributed by atoms with van der Waals surface area (Å²) in [5.41, 5.74) is 0.684. The molecule has 7 heteroatoms. The Labute approximate surface area is 168 Å². The highest BCUT2D eigenvalue weighted by atomic mass is 35.5. The predicted octanol–water partition coefficient (Wildman–Crippen LogP) is 4.34. The number of hydrogen-bond acceptors (Lipinski definition) is 4. The van der Waals surface area contributed by atoms with E-state index >= 15 is 0 Å². The van der Waals surface area contributed by atoms with Crippen LogP contribution in [-0.4, -0.2) is 30.2 Å². The average Bonchev–Trinajstić information content (AvgIpc) is 2.42. The number of halogens is 2. The molecule has 0 bridgehead atoms. The Morgan fingerprint density at radius 1 is 1.08 bits per heavy atom. The largest absolute Gasteiger partial charge is 0.490 e. The van der Waals surface area contributed by atoms with Crippen LogP contribution in [0.4, 0.5) is 0 Å². The van der Waals surface area contributed by atoms with E-state index in [9.17, 15) is 4.79 Å². The van der Waals surface area contributed by atoms with Crippen molar-refractivity contribution < 1.29 is 14.3 Å². The van der Waals surface area contributed by atoms with Gasteiger partial charge in [-0.2, -0.15) is 0 Å². The van der Waals surface area contributed by atoms with E-state index in [0.717, 1.165) is 5.56 Å². The molecule has 150 valence electrons. The summed E-state index contributed by atoms with van der Waals surface area (Å²) < 4.78 is 11.3. The molecule has 0 fully saturated rings. The predicted molar refractivity (Wildman–Crippen MR) is 110 cm³/mol. The lowest BCUT2D eigenvalue weighted by atomic mass is 10.1. The number of carbonyl (C=O) groups excluding carboxylic acids is 1. The number of amides is 1. The van der Waals surface area contributed by atoms with Gasteiger partial charge in [-0.3, -0.25) is 4.79 Å². The number of hydrogen-bond donors (Lipinski definition) is 2. The third-order valence-electron chi connectivity index (χ3n) is 3.05. The van der Waals surface area contributed by atoms with E-state index in [2.05, 4.69) is 31.4 Å².